The summed E-state index contributed by atoms with van der Waals surface area (Å²) in [5.74, 6) is 1.68. The lowest BCUT2D eigenvalue weighted by atomic mass is 10.2. The van der Waals surface area contributed by atoms with Crippen LogP contribution in [0.5, 0.6) is 5.75 Å². The first-order valence-corrected chi connectivity index (χ1v) is 11.3. The van der Waals surface area contributed by atoms with Crippen molar-refractivity contribution in [2.24, 2.45) is 4.99 Å². The van der Waals surface area contributed by atoms with Crippen molar-refractivity contribution in [3.8, 4) is 5.75 Å². The molecule has 1 saturated heterocycles. The second kappa shape index (κ2) is 15.3. The minimum atomic E-state index is 0. The molecule has 0 saturated carbocycles. The molecular weight excluding hydrogens is 541 g/mol. The van der Waals surface area contributed by atoms with Crippen LogP contribution in [-0.2, 0) is 17.7 Å². The lowest BCUT2D eigenvalue weighted by molar-refractivity contribution is 0.0322. The van der Waals surface area contributed by atoms with Crippen LogP contribution in [0.1, 0.15) is 18.1 Å². The van der Waals surface area contributed by atoms with Gasteiger partial charge in [-0.15, -0.1) is 24.0 Å². The van der Waals surface area contributed by atoms with Gasteiger partial charge in [-0.05, 0) is 31.0 Å². The third-order valence-electron chi connectivity index (χ3n) is 4.99. The summed E-state index contributed by atoms with van der Waals surface area (Å²) in [5.41, 5.74) is 2.20. The van der Waals surface area contributed by atoms with Crippen molar-refractivity contribution in [3.05, 3.63) is 58.9 Å². The fourth-order valence-corrected chi connectivity index (χ4v) is 3.38. The molecule has 1 aromatic carbocycles. The molecule has 0 amide bonds. The average Bonchev–Trinajstić information content (AvgIpc) is 2.80. The highest BCUT2D eigenvalue weighted by Crippen LogP contribution is 2.19. The van der Waals surface area contributed by atoms with E-state index in [1.54, 1.807) is 6.20 Å². The molecule has 0 atom stereocenters. The Hall–Kier alpha value is -1.62. The first kappa shape index (κ1) is 26.6. The van der Waals surface area contributed by atoms with Crippen LogP contribution < -0.4 is 15.4 Å². The molecule has 32 heavy (non-hydrogen) atoms. The van der Waals surface area contributed by atoms with Crippen LogP contribution in [0.15, 0.2) is 47.6 Å². The zero-order valence-electron chi connectivity index (χ0n) is 18.6. The molecular formula is C23H33ClIN5O2. The fraction of sp³-hybridized carbons (Fsp3) is 0.478. The van der Waals surface area contributed by atoms with Crippen molar-refractivity contribution in [1.82, 2.24) is 20.5 Å². The van der Waals surface area contributed by atoms with E-state index in [1.807, 2.05) is 30.3 Å². The molecule has 176 valence electrons. The molecule has 2 N–H and O–H groups in total. The number of aromatic nitrogens is 1. The molecule has 1 aromatic heterocycles. The van der Waals surface area contributed by atoms with Gasteiger partial charge < -0.3 is 20.1 Å². The molecule has 0 aliphatic carbocycles. The number of nitrogens with one attached hydrogen (secondary N) is 2. The van der Waals surface area contributed by atoms with E-state index in [0.717, 1.165) is 75.2 Å². The lowest BCUT2D eigenvalue weighted by Gasteiger charge is -2.26. The predicted octanol–water partition coefficient (Wildman–Crippen LogP) is 3.36. The number of aliphatic imine (C=N–C) groups is 1. The summed E-state index contributed by atoms with van der Waals surface area (Å²) in [6.45, 7) is 9.28. The van der Waals surface area contributed by atoms with Crippen molar-refractivity contribution >= 4 is 41.5 Å². The highest BCUT2D eigenvalue weighted by atomic mass is 127. The number of guanidine groups is 1. The first-order chi connectivity index (χ1) is 15.2. The Morgan fingerprint density at radius 3 is 2.75 bits per heavy atom. The smallest absolute Gasteiger partial charge is 0.191 e. The highest BCUT2D eigenvalue weighted by molar-refractivity contribution is 14.0. The average molecular weight is 574 g/mol. The van der Waals surface area contributed by atoms with Gasteiger partial charge in [-0.1, -0.05) is 35.9 Å². The van der Waals surface area contributed by atoms with E-state index >= 15 is 0 Å². The van der Waals surface area contributed by atoms with E-state index in [2.05, 4.69) is 33.5 Å². The minimum absolute atomic E-state index is 0. The molecule has 7 nitrogen and oxygen atoms in total. The van der Waals surface area contributed by atoms with Gasteiger partial charge in [0, 0.05) is 44.5 Å². The van der Waals surface area contributed by atoms with Crippen LogP contribution in [0.25, 0.3) is 0 Å². The van der Waals surface area contributed by atoms with E-state index < -0.39 is 0 Å². The minimum Gasteiger partial charge on any atom is -0.492 e. The SMILES string of the molecule is CCNC(=NCc1ccccc1OCCN1CCOCC1)NCCc1ccc(Cl)nc1.I. The Labute approximate surface area is 213 Å². The topological polar surface area (TPSA) is 71.0 Å². The molecule has 9 heteroatoms. The Bertz CT molecular complexity index is 816. The molecule has 1 aliphatic rings. The van der Waals surface area contributed by atoms with Gasteiger partial charge in [0.1, 0.15) is 17.5 Å². The summed E-state index contributed by atoms with van der Waals surface area (Å²) in [4.78, 5) is 11.2. The zero-order chi connectivity index (χ0) is 21.7. The number of benzene rings is 1. The van der Waals surface area contributed by atoms with Gasteiger partial charge in [0.25, 0.3) is 0 Å². The van der Waals surface area contributed by atoms with Gasteiger partial charge in [-0.2, -0.15) is 0 Å². The lowest BCUT2D eigenvalue weighted by Crippen LogP contribution is -2.38. The van der Waals surface area contributed by atoms with Crippen LogP contribution in [0.2, 0.25) is 5.15 Å². The largest absolute Gasteiger partial charge is 0.492 e. The Morgan fingerprint density at radius 1 is 1.19 bits per heavy atom. The van der Waals surface area contributed by atoms with E-state index in [9.17, 15) is 0 Å². The Morgan fingerprint density at radius 2 is 2.00 bits per heavy atom. The standard InChI is InChI=1S/C23H32ClN5O2.HI/c1-2-25-23(26-10-9-19-7-8-22(24)27-17-19)28-18-20-5-3-4-6-21(20)31-16-13-29-11-14-30-15-12-29;/h3-8,17H,2,9-16,18H2,1H3,(H2,25,26,28);1H. The van der Waals surface area contributed by atoms with E-state index in [0.29, 0.717) is 18.3 Å². The molecule has 1 fully saturated rings. The normalized spacial score (nSPS) is 14.5. The fourth-order valence-electron chi connectivity index (χ4n) is 3.27. The molecule has 1 aliphatic heterocycles. The van der Waals surface area contributed by atoms with Gasteiger partial charge in [-0.3, -0.25) is 4.90 Å². The summed E-state index contributed by atoms with van der Waals surface area (Å²) >= 11 is 5.85. The third kappa shape index (κ3) is 9.48. The third-order valence-corrected chi connectivity index (χ3v) is 5.21. The summed E-state index contributed by atoms with van der Waals surface area (Å²) in [5, 5.41) is 7.19. The number of ether oxygens (including phenoxy) is 2. The number of morpholine rings is 1. The zero-order valence-corrected chi connectivity index (χ0v) is 21.6. The van der Waals surface area contributed by atoms with Gasteiger partial charge >= 0.3 is 0 Å². The molecule has 2 heterocycles. The summed E-state index contributed by atoms with van der Waals surface area (Å²) in [6.07, 6.45) is 2.65. The van der Waals surface area contributed by atoms with Crippen molar-refractivity contribution in [1.29, 1.82) is 0 Å². The van der Waals surface area contributed by atoms with Crippen molar-refractivity contribution in [2.75, 3.05) is 52.5 Å². The molecule has 0 radical (unpaired) electrons. The predicted molar refractivity (Wildman–Crippen MR) is 140 cm³/mol. The van der Waals surface area contributed by atoms with Crippen LogP contribution in [0.4, 0.5) is 0 Å². The number of hydrogen-bond donors (Lipinski definition) is 2. The van der Waals surface area contributed by atoms with Crippen LogP contribution in [0.3, 0.4) is 0 Å². The molecule has 2 aromatic rings. The van der Waals surface area contributed by atoms with E-state index in [4.69, 9.17) is 26.1 Å². The Kier molecular flexibility index (Phi) is 12.7. The number of rotatable bonds is 10. The van der Waals surface area contributed by atoms with Crippen molar-refractivity contribution in [2.45, 2.75) is 19.9 Å². The first-order valence-electron chi connectivity index (χ1n) is 10.9. The van der Waals surface area contributed by atoms with Crippen LogP contribution in [-0.4, -0.2) is 68.4 Å². The molecule has 0 spiro atoms. The van der Waals surface area contributed by atoms with Gasteiger partial charge in [0.2, 0.25) is 0 Å². The number of nitrogens with zero attached hydrogens (tertiary/aromatic N) is 3. The quantitative estimate of drug-likeness (QED) is 0.197. The van der Waals surface area contributed by atoms with Crippen LogP contribution >= 0.6 is 35.6 Å². The summed E-state index contributed by atoms with van der Waals surface area (Å²) in [6, 6.07) is 11.9. The van der Waals surface area contributed by atoms with E-state index in [-0.39, 0.29) is 24.0 Å². The van der Waals surface area contributed by atoms with Gasteiger partial charge in [0.05, 0.1) is 19.8 Å². The highest BCUT2D eigenvalue weighted by Gasteiger charge is 2.10. The number of hydrogen-bond acceptors (Lipinski definition) is 5. The maximum absolute atomic E-state index is 6.07. The number of halogens is 2. The second-order valence-electron chi connectivity index (χ2n) is 7.27. The van der Waals surface area contributed by atoms with Gasteiger partial charge in [-0.25, -0.2) is 9.98 Å². The van der Waals surface area contributed by atoms with Crippen LogP contribution in [0, 0.1) is 0 Å². The van der Waals surface area contributed by atoms with E-state index in [1.165, 1.54) is 0 Å². The summed E-state index contributed by atoms with van der Waals surface area (Å²) < 4.78 is 11.5. The maximum atomic E-state index is 6.07. The number of pyridine rings is 1. The molecule has 0 unspecified atom stereocenters. The Balaban J connectivity index is 0.00000363. The van der Waals surface area contributed by atoms with Crippen molar-refractivity contribution < 1.29 is 9.47 Å². The monoisotopic (exact) mass is 573 g/mol. The number of para-hydroxylation sites is 1. The maximum Gasteiger partial charge on any atom is 0.191 e. The molecule has 3 rings (SSSR count). The molecule has 0 bridgehead atoms. The van der Waals surface area contributed by atoms with Crippen molar-refractivity contribution in [3.63, 3.8) is 0 Å². The summed E-state index contributed by atoms with van der Waals surface area (Å²) in [7, 11) is 0. The van der Waals surface area contributed by atoms with Gasteiger partial charge in [0.15, 0.2) is 5.96 Å². The second-order valence-corrected chi connectivity index (χ2v) is 7.66.